The first-order valence-corrected chi connectivity index (χ1v) is 7.01. The summed E-state index contributed by atoms with van der Waals surface area (Å²) in [5.41, 5.74) is 2.28. The highest BCUT2D eigenvalue weighted by atomic mass is 79.9. The van der Waals surface area contributed by atoms with Crippen LogP contribution in [0, 0.1) is 5.82 Å². The third kappa shape index (κ3) is 3.20. The zero-order valence-electron chi connectivity index (χ0n) is 10.4. The highest BCUT2D eigenvalue weighted by molar-refractivity contribution is 9.10. The Morgan fingerprint density at radius 3 is 2.33 bits per heavy atom. The Hall–Kier alpha value is -1.15. The van der Waals surface area contributed by atoms with E-state index in [2.05, 4.69) is 35.0 Å². The van der Waals surface area contributed by atoms with E-state index in [0.29, 0.717) is 0 Å². The minimum Gasteiger partial charge on any atom is -0.207 e. The third-order valence-electron chi connectivity index (χ3n) is 3.08. The monoisotopic (exact) mass is 306 g/mol. The first-order valence-electron chi connectivity index (χ1n) is 6.21. The molecule has 0 nitrogen and oxygen atoms in total. The Kier molecular flexibility index (Phi) is 4.54. The number of hydrogen-bond acceptors (Lipinski definition) is 0. The zero-order chi connectivity index (χ0) is 13.0. The maximum atomic E-state index is 13.4. The smallest absolute Gasteiger partial charge is 0.123 e. The zero-order valence-corrected chi connectivity index (χ0v) is 12.0. The number of hydrogen-bond donors (Lipinski definition) is 0. The van der Waals surface area contributed by atoms with Crippen molar-refractivity contribution in [1.29, 1.82) is 0 Å². The summed E-state index contributed by atoms with van der Waals surface area (Å²) in [5, 5.41) is 0. The minimum atomic E-state index is -0.163. The molecular formula is C16H16BrF. The van der Waals surface area contributed by atoms with Crippen LogP contribution in [0.3, 0.4) is 0 Å². The van der Waals surface area contributed by atoms with Gasteiger partial charge in [-0.3, -0.25) is 0 Å². The molecule has 0 aliphatic rings. The lowest BCUT2D eigenvalue weighted by molar-refractivity contribution is 0.619. The van der Waals surface area contributed by atoms with Crippen LogP contribution in [-0.2, 0) is 0 Å². The summed E-state index contributed by atoms with van der Waals surface area (Å²) < 4.78 is 14.4. The van der Waals surface area contributed by atoms with Crippen molar-refractivity contribution in [3.63, 3.8) is 0 Å². The average molecular weight is 307 g/mol. The van der Waals surface area contributed by atoms with E-state index in [0.717, 1.165) is 22.9 Å². The van der Waals surface area contributed by atoms with E-state index in [1.807, 2.05) is 18.2 Å². The lowest BCUT2D eigenvalue weighted by Crippen LogP contribution is -2.01. The molecule has 18 heavy (non-hydrogen) atoms. The lowest BCUT2D eigenvalue weighted by atomic mass is 9.88. The average Bonchev–Trinajstić information content (AvgIpc) is 2.36. The second kappa shape index (κ2) is 6.14. The summed E-state index contributed by atoms with van der Waals surface area (Å²) >= 11 is 3.49. The van der Waals surface area contributed by atoms with Crippen molar-refractivity contribution in [3.05, 3.63) is 69.9 Å². The molecule has 1 unspecified atom stereocenters. The highest BCUT2D eigenvalue weighted by Gasteiger charge is 2.14. The van der Waals surface area contributed by atoms with Gasteiger partial charge in [-0.1, -0.05) is 53.5 Å². The molecule has 0 radical (unpaired) electrons. The topological polar surface area (TPSA) is 0 Å². The van der Waals surface area contributed by atoms with Gasteiger partial charge in [-0.25, -0.2) is 4.39 Å². The van der Waals surface area contributed by atoms with Gasteiger partial charge < -0.3 is 0 Å². The number of halogens is 2. The van der Waals surface area contributed by atoms with E-state index in [1.54, 1.807) is 12.1 Å². The molecule has 2 aromatic carbocycles. The van der Waals surface area contributed by atoms with Crippen LogP contribution in [0.5, 0.6) is 0 Å². The van der Waals surface area contributed by atoms with Crippen LogP contribution in [-0.4, -0.2) is 0 Å². The van der Waals surface area contributed by atoms with Crippen LogP contribution < -0.4 is 0 Å². The SMILES string of the molecule is CCCC(c1cccc(F)c1)c1cccc(Br)c1. The fourth-order valence-electron chi connectivity index (χ4n) is 2.26. The molecule has 0 saturated carbocycles. The molecule has 0 aliphatic heterocycles. The summed E-state index contributed by atoms with van der Waals surface area (Å²) in [4.78, 5) is 0. The minimum absolute atomic E-state index is 0.163. The second-order valence-corrected chi connectivity index (χ2v) is 5.37. The molecule has 1 atom stereocenters. The van der Waals surface area contributed by atoms with Crippen LogP contribution in [0.25, 0.3) is 0 Å². The molecule has 0 amide bonds. The molecule has 0 fully saturated rings. The van der Waals surface area contributed by atoms with Crippen molar-refractivity contribution < 1.29 is 4.39 Å². The van der Waals surface area contributed by atoms with Gasteiger partial charge in [-0.05, 0) is 41.8 Å². The quantitative estimate of drug-likeness (QED) is 0.697. The largest absolute Gasteiger partial charge is 0.207 e. The summed E-state index contributed by atoms with van der Waals surface area (Å²) in [5.74, 6) is 0.104. The van der Waals surface area contributed by atoms with Gasteiger partial charge >= 0.3 is 0 Å². The Morgan fingerprint density at radius 1 is 1.06 bits per heavy atom. The molecule has 0 heterocycles. The van der Waals surface area contributed by atoms with Gasteiger partial charge in [-0.15, -0.1) is 0 Å². The van der Waals surface area contributed by atoms with Gasteiger partial charge in [0.25, 0.3) is 0 Å². The van der Waals surface area contributed by atoms with Gasteiger partial charge in [0.1, 0.15) is 5.82 Å². The van der Waals surface area contributed by atoms with Gasteiger partial charge in [0.05, 0.1) is 0 Å². The Morgan fingerprint density at radius 2 is 1.72 bits per heavy atom. The van der Waals surface area contributed by atoms with Crippen molar-refractivity contribution in [3.8, 4) is 0 Å². The van der Waals surface area contributed by atoms with Crippen LogP contribution >= 0.6 is 15.9 Å². The third-order valence-corrected chi connectivity index (χ3v) is 3.57. The number of benzene rings is 2. The molecule has 0 aliphatic carbocycles. The summed E-state index contributed by atoms with van der Waals surface area (Å²) in [6.07, 6.45) is 2.10. The standard InChI is InChI=1S/C16H16BrF/c1-2-5-16(12-6-3-8-14(17)10-12)13-7-4-9-15(18)11-13/h3-4,6-11,16H,2,5H2,1H3. The highest BCUT2D eigenvalue weighted by Crippen LogP contribution is 2.30. The Balaban J connectivity index is 2.39. The summed E-state index contributed by atoms with van der Waals surface area (Å²) in [6, 6.07) is 15.2. The van der Waals surface area contributed by atoms with Gasteiger partial charge in [0.15, 0.2) is 0 Å². The Bertz CT molecular complexity index is 477. The summed E-state index contributed by atoms with van der Waals surface area (Å²) in [7, 11) is 0. The fraction of sp³-hybridized carbons (Fsp3) is 0.250. The predicted molar refractivity (Wildman–Crippen MR) is 77.3 cm³/mol. The Labute approximate surface area is 116 Å². The normalized spacial score (nSPS) is 12.4. The first-order chi connectivity index (χ1) is 8.70. The molecule has 94 valence electrons. The molecule has 2 heteroatoms. The summed E-state index contributed by atoms with van der Waals surface area (Å²) in [6.45, 7) is 2.16. The van der Waals surface area contributed by atoms with E-state index >= 15 is 0 Å². The van der Waals surface area contributed by atoms with Gasteiger partial charge in [0, 0.05) is 10.4 Å². The van der Waals surface area contributed by atoms with Crippen molar-refractivity contribution in [2.75, 3.05) is 0 Å². The second-order valence-electron chi connectivity index (χ2n) is 4.45. The predicted octanol–water partition coefficient (Wildman–Crippen LogP) is 5.52. The number of rotatable bonds is 4. The lowest BCUT2D eigenvalue weighted by Gasteiger charge is -2.17. The van der Waals surface area contributed by atoms with Crippen molar-refractivity contribution in [1.82, 2.24) is 0 Å². The molecule has 2 rings (SSSR count). The van der Waals surface area contributed by atoms with Crippen molar-refractivity contribution >= 4 is 15.9 Å². The molecule has 0 N–H and O–H groups in total. The first kappa shape index (κ1) is 13.3. The van der Waals surface area contributed by atoms with Gasteiger partial charge in [0.2, 0.25) is 0 Å². The van der Waals surface area contributed by atoms with Crippen molar-refractivity contribution in [2.45, 2.75) is 25.7 Å². The maximum absolute atomic E-state index is 13.4. The van der Waals surface area contributed by atoms with Crippen LogP contribution in [0.1, 0.15) is 36.8 Å². The van der Waals surface area contributed by atoms with Gasteiger partial charge in [-0.2, -0.15) is 0 Å². The van der Waals surface area contributed by atoms with E-state index in [-0.39, 0.29) is 11.7 Å². The molecule has 2 aromatic rings. The van der Waals surface area contributed by atoms with E-state index in [1.165, 1.54) is 11.6 Å². The van der Waals surface area contributed by atoms with E-state index < -0.39 is 0 Å². The van der Waals surface area contributed by atoms with Crippen LogP contribution in [0.4, 0.5) is 4.39 Å². The van der Waals surface area contributed by atoms with Crippen LogP contribution in [0.2, 0.25) is 0 Å². The molecule has 0 saturated heterocycles. The molecular weight excluding hydrogens is 291 g/mol. The van der Waals surface area contributed by atoms with E-state index in [9.17, 15) is 4.39 Å². The van der Waals surface area contributed by atoms with Crippen molar-refractivity contribution in [2.24, 2.45) is 0 Å². The fourth-order valence-corrected chi connectivity index (χ4v) is 2.68. The molecule has 0 spiro atoms. The molecule has 0 bridgehead atoms. The maximum Gasteiger partial charge on any atom is 0.123 e. The van der Waals surface area contributed by atoms with E-state index in [4.69, 9.17) is 0 Å². The molecule has 0 aromatic heterocycles. The van der Waals surface area contributed by atoms with Crippen LogP contribution in [0.15, 0.2) is 53.0 Å².